The summed E-state index contributed by atoms with van der Waals surface area (Å²) in [5, 5.41) is 1.93. The van der Waals surface area contributed by atoms with E-state index in [2.05, 4.69) is 16.8 Å². The molecule has 1 heterocycles. The lowest BCUT2D eigenvalue weighted by atomic mass is 10.2. The van der Waals surface area contributed by atoms with E-state index < -0.39 is 0 Å². The van der Waals surface area contributed by atoms with Gasteiger partial charge < -0.3 is 14.0 Å². The molecule has 0 bridgehead atoms. The van der Waals surface area contributed by atoms with Crippen LogP contribution in [0.15, 0.2) is 30.5 Å². The molecule has 0 fully saturated rings. The van der Waals surface area contributed by atoms with E-state index in [1.165, 1.54) is 5.52 Å². The van der Waals surface area contributed by atoms with Gasteiger partial charge in [-0.25, -0.2) is 0 Å². The lowest BCUT2D eigenvalue weighted by Crippen LogP contribution is -2.19. The number of halogens is 1. The number of benzene rings is 1. The van der Waals surface area contributed by atoms with Gasteiger partial charge in [-0.15, -0.1) is 0 Å². The van der Waals surface area contributed by atoms with Crippen molar-refractivity contribution < 1.29 is 9.47 Å². The predicted octanol–water partition coefficient (Wildman–Crippen LogP) is 4.08. The fourth-order valence-corrected chi connectivity index (χ4v) is 2.38. The summed E-state index contributed by atoms with van der Waals surface area (Å²) in [6.45, 7) is 6.19. The molecule has 0 atom stereocenters. The van der Waals surface area contributed by atoms with Crippen LogP contribution in [0, 0.1) is 0 Å². The molecule has 104 valence electrons. The first-order chi connectivity index (χ1) is 9.24. The van der Waals surface area contributed by atoms with Gasteiger partial charge in [-0.2, -0.15) is 0 Å². The monoisotopic (exact) mass is 281 g/mol. The molecule has 0 radical (unpaired) electrons. The van der Waals surface area contributed by atoms with Crippen molar-refractivity contribution in [2.45, 2.75) is 33.1 Å². The second-order valence-corrected chi connectivity index (χ2v) is 4.78. The summed E-state index contributed by atoms with van der Waals surface area (Å²) < 4.78 is 13.3. The zero-order valence-corrected chi connectivity index (χ0v) is 12.2. The van der Waals surface area contributed by atoms with Gasteiger partial charge in [-0.3, -0.25) is 0 Å². The molecule has 2 aromatic rings. The Morgan fingerprint density at radius 3 is 2.58 bits per heavy atom. The number of ether oxygens (including phenoxy) is 2. The molecule has 0 saturated heterocycles. The average molecular weight is 282 g/mol. The van der Waals surface area contributed by atoms with Crippen LogP contribution in [0.2, 0.25) is 5.02 Å². The minimum Gasteiger partial charge on any atom is -0.353 e. The van der Waals surface area contributed by atoms with E-state index in [0.29, 0.717) is 13.2 Å². The molecule has 3 nitrogen and oxygen atoms in total. The van der Waals surface area contributed by atoms with Crippen LogP contribution in [0.3, 0.4) is 0 Å². The summed E-state index contributed by atoms with van der Waals surface area (Å²) in [5.41, 5.74) is 1.19. The first-order valence-electron chi connectivity index (χ1n) is 6.72. The zero-order chi connectivity index (χ0) is 13.7. The molecule has 0 aliphatic carbocycles. The molecule has 0 unspecified atom stereocenters. The van der Waals surface area contributed by atoms with E-state index in [1.54, 1.807) is 0 Å². The summed E-state index contributed by atoms with van der Waals surface area (Å²) in [4.78, 5) is 0. The third kappa shape index (κ3) is 3.72. The Bertz CT molecular complexity index is 518. The Labute approximate surface area is 119 Å². The Morgan fingerprint density at radius 1 is 1.16 bits per heavy atom. The van der Waals surface area contributed by atoms with Gasteiger partial charge in [0.2, 0.25) is 0 Å². The largest absolute Gasteiger partial charge is 0.353 e. The third-order valence-electron chi connectivity index (χ3n) is 3.04. The molecule has 0 saturated carbocycles. The highest BCUT2D eigenvalue weighted by Gasteiger charge is 2.09. The van der Waals surface area contributed by atoms with Crippen LogP contribution in [0.4, 0.5) is 0 Å². The first kappa shape index (κ1) is 14.4. The van der Waals surface area contributed by atoms with Crippen LogP contribution in [-0.2, 0) is 16.0 Å². The highest BCUT2D eigenvalue weighted by molar-refractivity contribution is 6.31. The molecule has 19 heavy (non-hydrogen) atoms. The predicted molar refractivity (Wildman–Crippen MR) is 78.6 cm³/mol. The molecule has 0 aliphatic rings. The zero-order valence-electron chi connectivity index (χ0n) is 11.4. The van der Waals surface area contributed by atoms with Gasteiger partial charge >= 0.3 is 0 Å². The van der Waals surface area contributed by atoms with Crippen LogP contribution in [0.1, 0.15) is 20.3 Å². The van der Waals surface area contributed by atoms with Crippen molar-refractivity contribution in [3.8, 4) is 0 Å². The molecule has 0 N–H and O–H groups in total. The van der Waals surface area contributed by atoms with E-state index in [0.717, 1.165) is 23.4 Å². The first-order valence-corrected chi connectivity index (χ1v) is 7.10. The topological polar surface area (TPSA) is 23.4 Å². The minimum atomic E-state index is -0.125. The van der Waals surface area contributed by atoms with E-state index in [9.17, 15) is 0 Å². The molecule has 0 spiro atoms. The van der Waals surface area contributed by atoms with Crippen LogP contribution in [-0.4, -0.2) is 24.1 Å². The maximum absolute atomic E-state index is 5.99. The number of hydrogen-bond acceptors (Lipinski definition) is 2. The average Bonchev–Trinajstić information content (AvgIpc) is 2.78. The highest BCUT2D eigenvalue weighted by atomic mass is 35.5. The molecule has 4 heteroatoms. The Balaban J connectivity index is 2.04. The van der Waals surface area contributed by atoms with Crippen LogP contribution < -0.4 is 0 Å². The van der Waals surface area contributed by atoms with Crippen molar-refractivity contribution in [3.05, 3.63) is 35.5 Å². The number of rotatable bonds is 7. The number of nitrogens with zero attached hydrogens (tertiary/aromatic N) is 1. The van der Waals surface area contributed by atoms with E-state index >= 15 is 0 Å². The standard InChI is InChI=1S/C15H20ClNO2/c1-3-18-15(19-4-2)8-10-17-9-7-12-11-13(16)5-6-14(12)17/h5-7,9,11,15H,3-4,8,10H2,1-2H3. The third-order valence-corrected chi connectivity index (χ3v) is 3.28. The lowest BCUT2D eigenvalue weighted by molar-refractivity contribution is -0.140. The minimum absolute atomic E-state index is 0.125. The van der Waals surface area contributed by atoms with Crippen LogP contribution in [0.25, 0.3) is 10.9 Å². The number of hydrogen-bond donors (Lipinski definition) is 0. The molecule has 0 amide bonds. The number of aromatic nitrogens is 1. The van der Waals surface area contributed by atoms with Gasteiger partial charge in [-0.1, -0.05) is 11.6 Å². The number of fused-ring (bicyclic) bond motifs is 1. The maximum atomic E-state index is 5.99. The smallest absolute Gasteiger partial charge is 0.159 e. The van der Waals surface area contributed by atoms with Crippen molar-refractivity contribution >= 4 is 22.5 Å². The van der Waals surface area contributed by atoms with Crippen molar-refractivity contribution in [2.24, 2.45) is 0 Å². The molecule has 1 aromatic heterocycles. The second kappa shape index (κ2) is 6.94. The summed E-state index contributed by atoms with van der Waals surface area (Å²) >= 11 is 5.99. The van der Waals surface area contributed by atoms with Gasteiger partial charge in [0, 0.05) is 48.3 Å². The molecular weight excluding hydrogens is 262 g/mol. The van der Waals surface area contributed by atoms with Crippen LogP contribution in [0.5, 0.6) is 0 Å². The van der Waals surface area contributed by atoms with Gasteiger partial charge in [0.15, 0.2) is 6.29 Å². The Morgan fingerprint density at radius 2 is 1.89 bits per heavy atom. The lowest BCUT2D eigenvalue weighted by Gasteiger charge is -2.17. The van der Waals surface area contributed by atoms with E-state index in [4.69, 9.17) is 21.1 Å². The molecular formula is C15H20ClNO2. The van der Waals surface area contributed by atoms with E-state index in [-0.39, 0.29) is 6.29 Å². The normalized spacial score (nSPS) is 11.6. The summed E-state index contributed by atoms with van der Waals surface area (Å²) in [7, 11) is 0. The van der Waals surface area contributed by atoms with E-state index in [1.807, 2.05) is 32.0 Å². The SMILES string of the molecule is CCOC(CCn1ccc2cc(Cl)ccc21)OCC. The van der Waals surface area contributed by atoms with Gasteiger partial charge in [0.25, 0.3) is 0 Å². The Kier molecular flexibility index (Phi) is 5.25. The van der Waals surface area contributed by atoms with Crippen LogP contribution >= 0.6 is 11.6 Å². The fourth-order valence-electron chi connectivity index (χ4n) is 2.20. The highest BCUT2D eigenvalue weighted by Crippen LogP contribution is 2.21. The second-order valence-electron chi connectivity index (χ2n) is 4.34. The summed E-state index contributed by atoms with van der Waals surface area (Å²) in [6, 6.07) is 8.03. The van der Waals surface area contributed by atoms with Gasteiger partial charge in [-0.05, 0) is 38.1 Å². The van der Waals surface area contributed by atoms with Crippen molar-refractivity contribution in [1.82, 2.24) is 4.57 Å². The molecule has 1 aromatic carbocycles. The molecule has 2 rings (SSSR count). The number of aryl methyl sites for hydroxylation is 1. The Hall–Kier alpha value is -1.03. The summed E-state index contributed by atoms with van der Waals surface area (Å²) in [6.07, 6.45) is 2.80. The van der Waals surface area contributed by atoms with Gasteiger partial charge in [0.1, 0.15) is 0 Å². The van der Waals surface area contributed by atoms with Crippen molar-refractivity contribution in [1.29, 1.82) is 0 Å². The van der Waals surface area contributed by atoms with Crippen molar-refractivity contribution in [2.75, 3.05) is 13.2 Å². The summed E-state index contributed by atoms with van der Waals surface area (Å²) in [5.74, 6) is 0. The quantitative estimate of drug-likeness (QED) is 0.714. The van der Waals surface area contributed by atoms with Crippen molar-refractivity contribution in [3.63, 3.8) is 0 Å². The molecule has 0 aliphatic heterocycles. The maximum Gasteiger partial charge on any atom is 0.159 e. The van der Waals surface area contributed by atoms with Gasteiger partial charge in [0.05, 0.1) is 0 Å². The fraction of sp³-hybridized carbons (Fsp3) is 0.467.